The number of nitrogens with one attached hydrogen (secondary N) is 3. The molecule has 0 saturated carbocycles. The van der Waals surface area contributed by atoms with E-state index in [0.29, 0.717) is 19.6 Å². The average Bonchev–Trinajstić information content (AvgIpc) is 2.94. The summed E-state index contributed by atoms with van der Waals surface area (Å²) in [5.74, 6) is 0.0409. The molecule has 7 heteroatoms. The number of quaternary nitrogens is 1. The van der Waals surface area contributed by atoms with Crippen molar-refractivity contribution in [2.24, 2.45) is 0 Å². The number of piperazine rings is 1. The molecular weight excluding hydrogens is 318 g/mol. The predicted octanol–water partition coefficient (Wildman–Crippen LogP) is 0.00594. The Morgan fingerprint density at radius 2 is 1.88 bits per heavy atom. The van der Waals surface area contributed by atoms with Crippen molar-refractivity contribution in [2.45, 2.75) is 13.8 Å². The molecule has 1 saturated heterocycles. The van der Waals surface area contributed by atoms with E-state index in [1.807, 2.05) is 49.1 Å². The Labute approximate surface area is 147 Å². The zero-order valence-electron chi connectivity index (χ0n) is 14.6. The van der Waals surface area contributed by atoms with Gasteiger partial charge in [-0.1, -0.05) is 18.2 Å². The fraction of sp³-hybridized carbons (Fsp3) is 0.389. The Balaban J connectivity index is 1.49. The van der Waals surface area contributed by atoms with Gasteiger partial charge in [-0.15, -0.1) is 0 Å². The summed E-state index contributed by atoms with van der Waals surface area (Å²) in [7, 11) is 0. The van der Waals surface area contributed by atoms with Gasteiger partial charge < -0.3 is 15.1 Å². The number of amides is 2. The number of nitrogens with zero attached hydrogens (tertiary/aromatic N) is 2. The highest BCUT2D eigenvalue weighted by Crippen LogP contribution is 2.15. The molecule has 2 aromatic rings. The van der Waals surface area contributed by atoms with Crippen molar-refractivity contribution in [3.63, 3.8) is 0 Å². The third-order valence-corrected chi connectivity index (χ3v) is 4.58. The van der Waals surface area contributed by atoms with Crippen LogP contribution in [-0.4, -0.2) is 59.6 Å². The number of carbonyl (C=O) groups is 2. The summed E-state index contributed by atoms with van der Waals surface area (Å²) in [6.45, 7) is 7.03. The number of hydrogen-bond acceptors (Lipinski definition) is 3. The largest absolute Gasteiger partial charge is 0.327 e. The lowest BCUT2D eigenvalue weighted by molar-refractivity contribution is -0.895. The van der Waals surface area contributed by atoms with E-state index >= 15 is 0 Å². The van der Waals surface area contributed by atoms with Crippen molar-refractivity contribution in [1.29, 1.82) is 0 Å². The molecule has 1 aliphatic rings. The molecule has 1 fully saturated rings. The summed E-state index contributed by atoms with van der Waals surface area (Å²) in [6.07, 6.45) is 0. The van der Waals surface area contributed by atoms with Gasteiger partial charge in [0.15, 0.2) is 6.54 Å². The smallest absolute Gasteiger partial charge is 0.279 e. The molecule has 0 atom stereocenters. The minimum atomic E-state index is -0.0227. The van der Waals surface area contributed by atoms with Crippen LogP contribution in [0.2, 0.25) is 0 Å². The Morgan fingerprint density at radius 1 is 1.20 bits per heavy atom. The topological polar surface area (TPSA) is 82.5 Å². The summed E-state index contributed by atoms with van der Waals surface area (Å²) in [5, 5.41) is 9.88. The van der Waals surface area contributed by atoms with Crippen LogP contribution in [0.4, 0.5) is 5.69 Å². The van der Waals surface area contributed by atoms with Crippen LogP contribution in [-0.2, 0) is 4.79 Å². The lowest BCUT2D eigenvalue weighted by atomic mass is 10.2. The second-order valence-corrected chi connectivity index (χ2v) is 6.44. The SMILES string of the molecule is Cc1n[nH]c(C)c1NC(=O)C[NH+]1CCN(C(=O)c2ccccc2)CC1. The lowest BCUT2D eigenvalue weighted by Gasteiger charge is -2.32. The molecule has 2 heterocycles. The van der Waals surface area contributed by atoms with Crippen molar-refractivity contribution >= 4 is 17.5 Å². The van der Waals surface area contributed by atoms with E-state index in [2.05, 4.69) is 15.5 Å². The molecule has 132 valence electrons. The zero-order valence-corrected chi connectivity index (χ0v) is 14.6. The highest BCUT2D eigenvalue weighted by Gasteiger charge is 2.26. The maximum Gasteiger partial charge on any atom is 0.279 e. The number of anilines is 1. The van der Waals surface area contributed by atoms with Crippen LogP contribution in [0.25, 0.3) is 0 Å². The number of aromatic nitrogens is 2. The molecular formula is C18H24N5O2+. The molecule has 0 spiro atoms. The van der Waals surface area contributed by atoms with Gasteiger partial charge in [-0.05, 0) is 26.0 Å². The first kappa shape index (κ1) is 17.2. The van der Waals surface area contributed by atoms with E-state index in [1.54, 1.807) is 0 Å². The molecule has 7 nitrogen and oxygen atoms in total. The molecule has 25 heavy (non-hydrogen) atoms. The van der Waals surface area contributed by atoms with E-state index in [1.165, 1.54) is 4.90 Å². The summed E-state index contributed by atoms with van der Waals surface area (Å²) in [5.41, 5.74) is 3.13. The van der Waals surface area contributed by atoms with Crippen molar-refractivity contribution < 1.29 is 14.5 Å². The monoisotopic (exact) mass is 342 g/mol. The van der Waals surface area contributed by atoms with Crippen molar-refractivity contribution in [3.8, 4) is 0 Å². The lowest BCUT2D eigenvalue weighted by Crippen LogP contribution is -3.15. The molecule has 1 aromatic heterocycles. The number of H-pyrrole nitrogens is 1. The first-order chi connectivity index (χ1) is 12.0. The predicted molar refractivity (Wildman–Crippen MR) is 94.6 cm³/mol. The molecule has 3 N–H and O–H groups in total. The van der Waals surface area contributed by atoms with Crippen LogP contribution >= 0.6 is 0 Å². The third-order valence-electron chi connectivity index (χ3n) is 4.58. The Hall–Kier alpha value is -2.67. The highest BCUT2D eigenvalue weighted by molar-refractivity contribution is 5.94. The van der Waals surface area contributed by atoms with Gasteiger partial charge in [0, 0.05) is 5.56 Å². The standard InChI is InChI=1S/C18H23N5O2/c1-13-17(14(2)21-20-13)19-16(24)12-22-8-10-23(11-9-22)18(25)15-6-4-3-5-7-15/h3-7H,8-12H2,1-2H3,(H,19,24)(H,20,21)/p+1. The van der Waals surface area contributed by atoms with E-state index in [-0.39, 0.29) is 11.8 Å². The summed E-state index contributed by atoms with van der Waals surface area (Å²) in [4.78, 5) is 27.8. The van der Waals surface area contributed by atoms with Gasteiger partial charge in [-0.2, -0.15) is 5.10 Å². The van der Waals surface area contributed by atoms with Gasteiger partial charge in [0.1, 0.15) is 0 Å². The number of aromatic amines is 1. The Morgan fingerprint density at radius 3 is 2.48 bits per heavy atom. The summed E-state index contributed by atoms with van der Waals surface area (Å²) < 4.78 is 0. The van der Waals surface area contributed by atoms with Crippen LogP contribution in [0, 0.1) is 13.8 Å². The van der Waals surface area contributed by atoms with Gasteiger partial charge in [0.25, 0.3) is 11.8 Å². The van der Waals surface area contributed by atoms with Crippen molar-refractivity contribution in [3.05, 3.63) is 47.3 Å². The average molecular weight is 342 g/mol. The number of rotatable bonds is 4. The second-order valence-electron chi connectivity index (χ2n) is 6.44. The number of aryl methyl sites for hydroxylation is 2. The van der Waals surface area contributed by atoms with Gasteiger partial charge in [-0.3, -0.25) is 14.7 Å². The minimum absolute atomic E-state index is 0.0227. The molecule has 0 bridgehead atoms. The van der Waals surface area contributed by atoms with Gasteiger partial charge in [0.05, 0.1) is 43.3 Å². The number of carbonyl (C=O) groups excluding carboxylic acids is 2. The van der Waals surface area contributed by atoms with Crippen LogP contribution in [0.5, 0.6) is 0 Å². The molecule has 0 aliphatic carbocycles. The summed E-state index contributed by atoms with van der Waals surface area (Å²) in [6, 6.07) is 9.33. The third kappa shape index (κ3) is 4.06. The second kappa shape index (κ2) is 7.48. The first-order valence-electron chi connectivity index (χ1n) is 8.54. The maximum absolute atomic E-state index is 12.4. The van der Waals surface area contributed by atoms with Gasteiger partial charge in [-0.25, -0.2) is 0 Å². The number of hydrogen-bond donors (Lipinski definition) is 3. The molecule has 0 radical (unpaired) electrons. The van der Waals surface area contributed by atoms with Gasteiger partial charge in [0.2, 0.25) is 0 Å². The van der Waals surface area contributed by atoms with E-state index in [9.17, 15) is 9.59 Å². The van der Waals surface area contributed by atoms with Crippen LogP contribution in [0.15, 0.2) is 30.3 Å². The van der Waals surface area contributed by atoms with E-state index in [0.717, 1.165) is 35.7 Å². The normalized spacial score (nSPS) is 15.2. The molecule has 0 unspecified atom stereocenters. The minimum Gasteiger partial charge on any atom is -0.327 e. The van der Waals surface area contributed by atoms with Crippen LogP contribution < -0.4 is 10.2 Å². The van der Waals surface area contributed by atoms with Crippen molar-refractivity contribution in [1.82, 2.24) is 15.1 Å². The molecule has 1 aliphatic heterocycles. The maximum atomic E-state index is 12.4. The van der Waals surface area contributed by atoms with Crippen LogP contribution in [0.1, 0.15) is 21.7 Å². The molecule has 2 amide bonds. The summed E-state index contributed by atoms with van der Waals surface area (Å²) >= 11 is 0. The fourth-order valence-electron chi connectivity index (χ4n) is 3.11. The van der Waals surface area contributed by atoms with Crippen molar-refractivity contribution in [2.75, 3.05) is 38.0 Å². The van der Waals surface area contributed by atoms with E-state index in [4.69, 9.17) is 0 Å². The molecule has 1 aromatic carbocycles. The fourth-order valence-corrected chi connectivity index (χ4v) is 3.11. The highest BCUT2D eigenvalue weighted by atomic mass is 16.2. The first-order valence-corrected chi connectivity index (χ1v) is 8.54. The number of benzene rings is 1. The van der Waals surface area contributed by atoms with Gasteiger partial charge >= 0.3 is 0 Å². The zero-order chi connectivity index (χ0) is 17.8. The quantitative estimate of drug-likeness (QED) is 0.732. The van der Waals surface area contributed by atoms with E-state index < -0.39 is 0 Å². The Kier molecular flexibility index (Phi) is 5.14. The molecule has 3 rings (SSSR count). The van der Waals surface area contributed by atoms with Crippen LogP contribution in [0.3, 0.4) is 0 Å². The Bertz CT molecular complexity index is 729.